The Bertz CT molecular complexity index is 1150. The second-order valence-electron chi connectivity index (χ2n) is 8.32. The maximum atomic E-state index is 13.4. The van der Waals surface area contributed by atoms with Crippen LogP contribution in [0.15, 0.2) is 41.8 Å². The Morgan fingerprint density at radius 3 is 2.61 bits per heavy atom. The number of fused-ring (bicyclic) bond motifs is 1. The third-order valence-corrected chi connectivity index (χ3v) is 6.50. The SMILES string of the molecule is CCC(NC(=O)c1cnc2c(cnn2CC)c1NC1CCC(=NO)CC1)c1ccc(Cl)cc1. The number of nitrogens with one attached hydrogen (secondary N) is 2. The van der Waals surface area contributed by atoms with Gasteiger partial charge in [-0.1, -0.05) is 35.8 Å². The molecular weight excluding hydrogens is 440 g/mol. The van der Waals surface area contributed by atoms with E-state index in [-0.39, 0.29) is 18.0 Å². The van der Waals surface area contributed by atoms with Gasteiger partial charge in [-0.05, 0) is 56.7 Å². The van der Waals surface area contributed by atoms with Gasteiger partial charge in [0.25, 0.3) is 5.91 Å². The van der Waals surface area contributed by atoms with E-state index >= 15 is 0 Å². The number of aromatic nitrogens is 3. The minimum absolute atomic E-state index is 0.144. The molecule has 0 saturated heterocycles. The van der Waals surface area contributed by atoms with Crippen molar-refractivity contribution < 1.29 is 10.0 Å². The predicted octanol–water partition coefficient (Wildman–Crippen LogP) is 5.17. The van der Waals surface area contributed by atoms with Gasteiger partial charge in [-0.2, -0.15) is 5.10 Å². The molecule has 4 rings (SSSR count). The van der Waals surface area contributed by atoms with Crippen molar-refractivity contribution in [3.05, 3.63) is 52.8 Å². The molecule has 0 bridgehead atoms. The quantitative estimate of drug-likeness (QED) is 0.327. The molecule has 2 aromatic heterocycles. The van der Waals surface area contributed by atoms with Gasteiger partial charge < -0.3 is 15.8 Å². The number of pyridine rings is 1. The summed E-state index contributed by atoms with van der Waals surface area (Å²) in [7, 11) is 0. The van der Waals surface area contributed by atoms with Gasteiger partial charge in [0.05, 0.1) is 34.6 Å². The van der Waals surface area contributed by atoms with E-state index in [4.69, 9.17) is 16.8 Å². The molecule has 8 nitrogen and oxygen atoms in total. The lowest BCUT2D eigenvalue weighted by Gasteiger charge is -2.26. The number of aryl methyl sites for hydroxylation is 1. The van der Waals surface area contributed by atoms with Crippen LogP contribution >= 0.6 is 11.6 Å². The van der Waals surface area contributed by atoms with Gasteiger partial charge in [0.15, 0.2) is 5.65 Å². The van der Waals surface area contributed by atoms with E-state index < -0.39 is 0 Å². The molecule has 1 saturated carbocycles. The van der Waals surface area contributed by atoms with Gasteiger partial charge in [0, 0.05) is 23.8 Å². The molecule has 9 heteroatoms. The number of rotatable bonds is 7. The number of amides is 1. The van der Waals surface area contributed by atoms with E-state index in [2.05, 4.69) is 25.9 Å². The number of carbonyl (C=O) groups is 1. The molecule has 3 N–H and O–H groups in total. The maximum Gasteiger partial charge on any atom is 0.255 e. The number of carbonyl (C=O) groups excluding carboxylic acids is 1. The summed E-state index contributed by atoms with van der Waals surface area (Å²) in [4.78, 5) is 18.0. The zero-order chi connectivity index (χ0) is 23.4. The largest absolute Gasteiger partial charge is 0.411 e. The van der Waals surface area contributed by atoms with Gasteiger partial charge >= 0.3 is 0 Å². The molecule has 1 atom stereocenters. The van der Waals surface area contributed by atoms with E-state index in [9.17, 15) is 4.79 Å². The van der Waals surface area contributed by atoms with Crippen molar-refractivity contribution in [3.63, 3.8) is 0 Å². The van der Waals surface area contributed by atoms with Crippen molar-refractivity contribution in [1.29, 1.82) is 0 Å². The van der Waals surface area contributed by atoms with Crippen LogP contribution in [0.4, 0.5) is 5.69 Å². The average molecular weight is 469 g/mol. The zero-order valence-electron chi connectivity index (χ0n) is 18.9. The van der Waals surface area contributed by atoms with Gasteiger partial charge in [-0.15, -0.1) is 0 Å². The lowest BCUT2D eigenvalue weighted by Crippen LogP contribution is -2.31. The van der Waals surface area contributed by atoms with E-state index in [0.29, 0.717) is 17.1 Å². The van der Waals surface area contributed by atoms with Crippen LogP contribution in [0.3, 0.4) is 0 Å². The first-order valence-corrected chi connectivity index (χ1v) is 11.8. The van der Waals surface area contributed by atoms with Crippen LogP contribution in [0.5, 0.6) is 0 Å². The van der Waals surface area contributed by atoms with Gasteiger partial charge in [0.2, 0.25) is 0 Å². The molecule has 2 heterocycles. The first-order chi connectivity index (χ1) is 16.0. The Morgan fingerprint density at radius 1 is 1.24 bits per heavy atom. The second kappa shape index (κ2) is 10.2. The van der Waals surface area contributed by atoms with Crippen molar-refractivity contribution >= 4 is 39.9 Å². The number of hydrogen-bond acceptors (Lipinski definition) is 6. The minimum atomic E-state index is -0.189. The molecule has 33 heavy (non-hydrogen) atoms. The average Bonchev–Trinajstić information content (AvgIpc) is 3.27. The summed E-state index contributed by atoms with van der Waals surface area (Å²) in [5.74, 6) is -0.189. The number of nitrogens with zero attached hydrogens (tertiary/aromatic N) is 4. The lowest BCUT2D eigenvalue weighted by molar-refractivity contribution is 0.0936. The van der Waals surface area contributed by atoms with Crippen LogP contribution in [0.2, 0.25) is 5.02 Å². The number of halogens is 1. The van der Waals surface area contributed by atoms with E-state index in [0.717, 1.165) is 60.1 Å². The summed E-state index contributed by atoms with van der Waals surface area (Å²) in [6.45, 7) is 4.74. The summed E-state index contributed by atoms with van der Waals surface area (Å²) in [5.41, 5.74) is 3.80. The Labute approximate surface area is 198 Å². The molecule has 174 valence electrons. The van der Waals surface area contributed by atoms with Crippen LogP contribution in [0.25, 0.3) is 11.0 Å². The number of anilines is 1. The third-order valence-electron chi connectivity index (χ3n) is 6.25. The fourth-order valence-corrected chi connectivity index (χ4v) is 4.46. The molecule has 1 fully saturated rings. The molecule has 1 unspecified atom stereocenters. The minimum Gasteiger partial charge on any atom is -0.411 e. The summed E-state index contributed by atoms with van der Waals surface area (Å²) >= 11 is 6.03. The molecule has 0 spiro atoms. The maximum absolute atomic E-state index is 13.4. The van der Waals surface area contributed by atoms with Crippen LogP contribution in [-0.2, 0) is 6.54 Å². The van der Waals surface area contributed by atoms with Crippen LogP contribution in [0, 0.1) is 0 Å². The van der Waals surface area contributed by atoms with Crippen LogP contribution in [0.1, 0.15) is 67.9 Å². The van der Waals surface area contributed by atoms with Gasteiger partial charge in [0.1, 0.15) is 0 Å². The van der Waals surface area contributed by atoms with Gasteiger partial charge in [-0.25, -0.2) is 9.67 Å². The van der Waals surface area contributed by atoms with E-state index in [1.165, 1.54) is 0 Å². The van der Waals surface area contributed by atoms with Crippen molar-refractivity contribution in [3.8, 4) is 0 Å². The van der Waals surface area contributed by atoms with Crippen molar-refractivity contribution in [1.82, 2.24) is 20.1 Å². The highest BCUT2D eigenvalue weighted by atomic mass is 35.5. The van der Waals surface area contributed by atoms with E-state index in [1.807, 2.05) is 42.8 Å². The normalized spacial score (nSPS) is 17.1. The molecule has 0 radical (unpaired) electrons. The molecule has 1 amide bonds. The number of hydrogen-bond donors (Lipinski definition) is 3. The first-order valence-electron chi connectivity index (χ1n) is 11.4. The fraction of sp³-hybridized carbons (Fsp3) is 0.417. The third kappa shape index (κ3) is 4.95. The molecule has 0 aliphatic heterocycles. The van der Waals surface area contributed by atoms with Crippen molar-refractivity contribution in [2.75, 3.05) is 5.32 Å². The highest BCUT2D eigenvalue weighted by Gasteiger charge is 2.24. The monoisotopic (exact) mass is 468 g/mol. The highest BCUT2D eigenvalue weighted by Crippen LogP contribution is 2.30. The van der Waals surface area contributed by atoms with Crippen molar-refractivity contribution in [2.45, 2.75) is 64.6 Å². The standard InChI is InChI=1S/C24H29ClN6O2/c1-3-21(15-5-7-16(25)8-6-15)29-24(32)20-13-26-23-19(14-27-31(23)4-2)22(20)28-17-9-11-18(30-33)12-10-17/h5-8,13-14,17,21,33H,3-4,9-12H2,1-2H3,(H,26,28)(H,29,32). The smallest absolute Gasteiger partial charge is 0.255 e. The molecular formula is C24H29ClN6O2. The molecule has 3 aromatic rings. The van der Waals surface area contributed by atoms with Crippen molar-refractivity contribution in [2.24, 2.45) is 5.16 Å². The Balaban J connectivity index is 1.65. The zero-order valence-corrected chi connectivity index (χ0v) is 19.6. The fourth-order valence-electron chi connectivity index (χ4n) is 4.34. The summed E-state index contributed by atoms with van der Waals surface area (Å²) in [6.07, 6.45) is 7.25. The highest BCUT2D eigenvalue weighted by molar-refractivity contribution is 6.30. The topological polar surface area (TPSA) is 104 Å². The summed E-state index contributed by atoms with van der Waals surface area (Å²) in [5, 5.41) is 25.1. The Kier molecular flexibility index (Phi) is 7.13. The van der Waals surface area contributed by atoms with Gasteiger partial charge in [-0.3, -0.25) is 4.79 Å². The number of benzene rings is 1. The second-order valence-corrected chi connectivity index (χ2v) is 8.75. The summed E-state index contributed by atoms with van der Waals surface area (Å²) < 4.78 is 1.82. The number of oxime groups is 1. The van der Waals surface area contributed by atoms with E-state index in [1.54, 1.807) is 12.4 Å². The molecule has 1 aliphatic rings. The Hall–Kier alpha value is -3.13. The predicted molar refractivity (Wildman–Crippen MR) is 130 cm³/mol. The van der Waals surface area contributed by atoms with Crippen LogP contribution < -0.4 is 10.6 Å². The molecule has 1 aromatic carbocycles. The molecule has 1 aliphatic carbocycles. The first kappa shape index (κ1) is 23.0. The van der Waals surface area contributed by atoms with Crippen LogP contribution in [-0.4, -0.2) is 37.6 Å². The lowest BCUT2D eigenvalue weighted by atomic mass is 9.93. The summed E-state index contributed by atoms with van der Waals surface area (Å²) in [6, 6.07) is 7.55. The Morgan fingerprint density at radius 2 is 1.97 bits per heavy atom.